The minimum Gasteiger partial charge on any atom is -0.369 e. The molecule has 2 nitrogen and oxygen atoms in total. The lowest BCUT2D eigenvalue weighted by molar-refractivity contribution is 0.447. The number of nitrogens with zero attached hydrogens (tertiary/aromatic N) is 1. The van der Waals surface area contributed by atoms with Crippen molar-refractivity contribution in [2.24, 2.45) is 0 Å². The third kappa shape index (κ3) is 2.83. The molecule has 0 saturated heterocycles. The molecule has 20 heavy (non-hydrogen) atoms. The molecule has 1 aromatic carbocycles. The zero-order valence-corrected chi connectivity index (χ0v) is 11.8. The van der Waals surface area contributed by atoms with Gasteiger partial charge in [0.2, 0.25) is 0 Å². The van der Waals surface area contributed by atoms with E-state index < -0.39 is 17.5 Å². The van der Waals surface area contributed by atoms with Gasteiger partial charge in [-0.3, -0.25) is 0 Å². The standard InChI is InChI=1S/C13H9Cl2F3N2/c1-2-19-13-8(15)5-7(14)12(20-13)6-3-9(16)11(18)10(17)4-6/h3-5H,2H2,1H3,(H,19,20). The van der Waals surface area contributed by atoms with E-state index in [2.05, 4.69) is 10.3 Å². The fraction of sp³-hybridized carbons (Fsp3) is 0.154. The van der Waals surface area contributed by atoms with Crippen LogP contribution in [-0.2, 0) is 0 Å². The van der Waals surface area contributed by atoms with Crippen molar-refractivity contribution in [2.75, 3.05) is 11.9 Å². The van der Waals surface area contributed by atoms with E-state index in [1.165, 1.54) is 6.07 Å². The van der Waals surface area contributed by atoms with Crippen LogP contribution < -0.4 is 5.32 Å². The molecule has 0 atom stereocenters. The van der Waals surface area contributed by atoms with Crippen molar-refractivity contribution < 1.29 is 13.2 Å². The highest BCUT2D eigenvalue weighted by atomic mass is 35.5. The molecule has 0 aliphatic heterocycles. The third-order valence-corrected chi connectivity index (χ3v) is 3.11. The Labute approximate surface area is 123 Å². The predicted octanol–water partition coefficient (Wildman–Crippen LogP) is 4.90. The van der Waals surface area contributed by atoms with E-state index in [-0.39, 0.29) is 21.3 Å². The van der Waals surface area contributed by atoms with Crippen LogP contribution in [0.3, 0.4) is 0 Å². The third-order valence-electron chi connectivity index (χ3n) is 2.53. The summed E-state index contributed by atoms with van der Waals surface area (Å²) in [7, 11) is 0. The van der Waals surface area contributed by atoms with Crippen molar-refractivity contribution in [3.8, 4) is 11.3 Å². The highest BCUT2D eigenvalue weighted by Gasteiger charge is 2.16. The smallest absolute Gasteiger partial charge is 0.194 e. The molecule has 2 rings (SSSR count). The van der Waals surface area contributed by atoms with Crippen LogP contribution in [0.4, 0.5) is 19.0 Å². The van der Waals surface area contributed by atoms with Gasteiger partial charge in [-0.1, -0.05) is 23.2 Å². The zero-order valence-electron chi connectivity index (χ0n) is 10.3. The van der Waals surface area contributed by atoms with Crippen molar-refractivity contribution in [3.05, 3.63) is 45.7 Å². The Kier molecular flexibility index (Phi) is 4.40. The average molecular weight is 321 g/mol. The van der Waals surface area contributed by atoms with Gasteiger partial charge in [0.1, 0.15) is 5.82 Å². The number of rotatable bonds is 3. The van der Waals surface area contributed by atoms with Crippen molar-refractivity contribution in [1.29, 1.82) is 0 Å². The maximum Gasteiger partial charge on any atom is 0.194 e. The summed E-state index contributed by atoms with van der Waals surface area (Å²) >= 11 is 11.9. The molecule has 0 saturated carbocycles. The van der Waals surface area contributed by atoms with Crippen LogP contribution in [0.2, 0.25) is 10.0 Å². The summed E-state index contributed by atoms with van der Waals surface area (Å²) in [6, 6.07) is 3.06. The molecule has 1 N–H and O–H groups in total. The topological polar surface area (TPSA) is 24.9 Å². The Balaban J connectivity index is 2.60. The Morgan fingerprint density at radius 2 is 1.65 bits per heavy atom. The molecule has 0 aliphatic carbocycles. The molecule has 7 heteroatoms. The second kappa shape index (κ2) is 5.89. The Morgan fingerprint density at radius 1 is 1.05 bits per heavy atom. The minimum absolute atomic E-state index is 0.0298. The number of aromatic nitrogens is 1. The predicted molar refractivity (Wildman–Crippen MR) is 73.7 cm³/mol. The van der Waals surface area contributed by atoms with Gasteiger partial charge < -0.3 is 5.32 Å². The molecule has 0 spiro atoms. The number of benzene rings is 1. The number of anilines is 1. The van der Waals surface area contributed by atoms with E-state index in [1.54, 1.807) is 0 Å². The molecular weight excluding hydrogens is 312 g/mol. The maximum absolute atomic E-state index is 13.3. The minimum atomic E-state index is -1.54. The normalized spacial score (nSPS) is 10.7. The van der Waals surface area contributed by atoms with E-state index in [0.717, 1.165) is 12.1 Å². The van der Waals surface area contributed by atoms with Gasteiger partial charge in [-0.15, -0.1) is 0 Å². The first-order valence-electron chi connectivity index (χ1n) is 5.68. The maximum atomic E-state index is 13.3. The molecule has 1 aromatic heterocycles. The highest BCUT2D eigenvalue weighted by Crippen LogP contribution is 2.33. The number of hydrogen-bond donors (Lipinski definition) is 1. The summed E-state index contributed by atoms with van der Waals surface area (Å²) in [5, 5.41) is 3.28. The van der Waals surface area contributed by atoms with Crippen LogP contribution in [0.25, 0.3) is 11.3 Å². The van der Waals surface area contributed by atoms with Crippen LogP contribution in [-0.4, -0.2) is 11.5 Å². The van der Waals surface area contributed by atoms with Gasteiger partial charge in [0.15, 0.2) is 17.5 Å². The lowest BCUT2D eigenvalue weighted by Gasteiger charge is -2.10. The summed E-state index contributed by atoms with van der Waals surface area (Å²) in [6.07, 6.45) is 0. The Bertz CT molecular complexity index is 639. The van der Waals surface area contributed by atoms with Gasteiger partial charge in [-0.2, -0.15) is 0 Å². The molecule has 0 amide bonds. The summed E-state index contributed by atoms with van der Waals surface area (Å²) in [4.78, 5) is 4.11. The molecule has 1 heterocycles. The fourth-order valence-corrected chi connectivity index (χ4v) is 2.19. The summed E-state index contributed by atoms with van der Waals surface area (Å²) in [5.41, 5.74) is 0.145. The Hall–Kier alpha value is -1.46. The largest absolute Gasteiger partial charge is 0.369 e. The summed E-state index contributed by atoms with van der Waals surface area (Å²) in [5.74, 6) is -3.82. The lowest BCUT2D eigenvalue weighted by atomic mass is 10.1. The number of halogens is 5. The lowest BCUT2D eigenvalue weighted by Crippen LogP contribution is -2.02. The van der Waals surface area contributed by atoms with Crippen molar-refractivity contribution in [2.45, 2.75) is 6.92 Å². The van der Waals surface area contributed by atoms with Crippen molar-refractivity contribution >= 4 is 29.0 Å². The molecule has 0 radical (unpaired) electrons. The highest BCUT2D eigenvalue weighted by molar-refractivity contribution is 6.37. The first-order valence-corrected chi connectivity index (χ1v) is 6.44. The number of pyridine rings is 1. The van der Waals surface area contributed by atoms with Gasteiger partial charge in [0.05, 0.1) is 15.7 Å². The quantitative estimate of drug-likeness (QED) is 0.813. The molecule has 0 bridgehead atoms. The van der Waals surface area contributed by atoms with E-state index in [1.807, 2.05) is 6.92 Å². The van der Waals surface area contributed by atoms with Crippen LogP contribution in [0.5, 0.6) is 0 Å². The van der Waals surface area contributed by atoms with Gasteiger partial charge in [0, 0.05) is 12.1 Å². The first kappa shape index (κ1) is 14.9. The van der Waals surface area contributed by atoms with Crippen molar-refractivity contribution in [3.63, 3.8) is 0 Å². The zero-order chi connectivity index (χ0) is 14.9. The molecular formula is C13H9Cl2F3N2. The van der Waals surface area contributed by atoms with Crippen molar-refractivity contribution in [1.82, 2.24) is 4.98 Å². The fourth-order valence-electron chi connectivity index (χ4n) is 1.65. The number of nitrogens with one attached hydrogen (secondary N) is 1. The second-order valence-corrected chi connectivity index (χ2v) is 4.75. The van der Waals surface area contributed by atoms with E-state index >= 15 is 0 Å². The SMILES string of the molecule is CCNc1nc(-c2cc(F)c(F)c(F)c2)c(Cl)cc1Cl. The van der Waals surface area contributed by atoms with Gasteiger partial charge in [0.25, 0.3) is 0 Å². The van der Waals surface area contributed by atoms with Crippen LogP contribution in [0.15, 0.2) is 18.2 Å². The first-order chi connectivity index (χ1) is 9.43. The van der Waals surface area contributed by atoms with Gasteiger partial charge in [-0.05, 0) is 25.1 Å². The van der Waals surface area contributed by atoms with Crippen LogP contribution >= 0.6 is 23.2 Å². The summed E-state index contributed by atoms with van der Waals surface area (Å²) in [6.45, 7) is 2.39. The number of hydrogen-bond acceptors (Lipinski definition) is 2. The van der Waals surface area contributed by atoms with E-state index in [4.69, 9.17) is 23.2 Å². The van der Waals surface area contributed by atoms with Gasteiger partial charge in [-0.25, -0.2) is 18.2 Å². The average Bonchev–Trinajstić information content (AvgIpc) is 2.38. The Morgan fingerprint density at radius 3 is 2.20 bits per heavy atom. The monoisotopic (exact) mass is 320 g/mol. The molecule has 0 unspecified atom stereocenters. The molecule has 0 fully saturated rings. The molecule has 106 valence electrons. The summed E-state index contributed by atoms with van der Waals surface area (Å²) < 4.78 is 39.5. The molecule has 0 aliphatic rings. The van der Waals surface area contributed by atoms with Crippen LogP contribution in [0.1, 0.15) is 6.92 Å². The molecule has 2 aromatic rings. The van der Waals surface area contributed by atoms with Gasteiger partial charge >= 0.3 is 0 Å². The van der Waals surface area contributed by atoms with Crippen LogP contribution in [0, 0.1) is 17.5 Å². The van der Waals surface area contributed by atoms with E-state index in [9.17, 15) is 13.2 Å². The van der Waals surface area contributed by atoms with E-state index in [0.29, 0.717) is 12.4 Å². The second-order valence-electron chi connectivity index (χ2n) is 3.93.